The van der Waals surface area contributed by atoms with Gasteiger partial charge in [0, 0.05) is 5.69 Å². The summed E-state index contributed by atoms with van der Waals surface area (Å²) in [5.74, 6) is -0.136. The molecule has 8 nitrogen and oxygen atoms in total. The van der Waals surface area contributed by atoms with Crippen LogP contribution in [0, 0.1) is 13.8 Å². The van der Waals surface area contributed by atoms with Crippen LogP contribution in [0.3, 0.4) is 0 Å². The molecule has 0 saturated heterocycles. The number of hydrogen-bond acceptors (Lipinski definition) is 5. The maximum absolute atomic E-state index is 5.21. The minimum absolute atomic E-state index is 0.00236. The Bertz CT molecular complexity index is 534. The van der Waals surface area contributed by atoms with Crippen LogP contribution < -0.4 is 11.5 Å². The Balaban J connectivity index is 2.39. The lowest BCUT2D eigenvalue weighted by atomic mass is 10.4. The summed E-state index contributed by atoms with van der Waals surface area (Å²) in [4.78, 5) is 3.63. The maximum Gasteiger partial charge on any atom is 0.347 e. The van der Waals surface area contributed by atoms with Gasteiger partial charge in [-0.1, -0.05) is 10.2 Å². The summed E-state index contributed by atoms with van der Waals surface area (Å²) in [6.07, 6.45) is 0. The first-order chi connectivity index (χ1) is 7.56. The van der Waals surface area contributed by atoms with E-state index >= 15 is 0 Å². The number of nitrogens with zero attached hydrogens (tertiary/aromatic N) is 5. The first kappa shape index (κ1) is 10.1. The van der Waals surface area contributed by atoms with Crippen molar-refractivity contribution in [3.05, 3.63) is 17.5 Å². The molecule has 2 aromatic rings. The monoisotopic (exact) mass is 221 g/mol. The molecule has 0 amide bonds. The molecule has 0 atom stereocenters. The van der Waals surface area contributed by atoms with Crippen molar-refractivity contribution in [2.24, 2.45) is 16.5 Å². The van der Waals surface area contributed by atoms with Crippen LogP contribution >= 0.6 is 0 Å². The van der Waals surface area contributed by atoms with Gasteiger partial charge in [0.2, 0.25) is 0 Å². The molecular formula is C8H11N7O. The lowest BCUT2D eigenvalue weighted by molar-refractivity contribution is 0.512. The molecule has 0 aromatic carbocycles. The topological polar surface area (TPSA) is 121 Å². The van der Waals surface area contributed by atoms with Gasteiger partial charge in [0.1, 0.15) is 0 Å². The van der Waals surface area contributed by atoms with E-state index in [1.807, 2.05) is 19.9 Å². The van der Waals surface area contributed by atoms with Crippen molar-refractivity contribution in [1.29, 1.82) is 0 Å². The van der Waals surface area contributed by atoms with Crippen LogP contribution in [-0.2, 0) is 0 Å². The molecule has 0 spiro atoms. The molecule has 0 fully saturated rings. The predicted octanol–water partition coefficient (Wildman–Crippen LogP) is -0.223. The van der Waals surface area contributed by atoms with Crippen LogP contribution in [0.25, 0.3) is 6.01 Å². The van der Waals surface area contributed by atoms with E-state index in [2.05, 4.69) is 20.3 Å². The van der Waals surface area contributed by atoms with Gasteiger partial charge in [0.05, 0.1) is 5.69 Å². The summed E-state index contributed by atoms with van der Waals surface area (Å²) in [5.41, 5.74) is 12.1. The SMILES string of the molecule is Cc1cc(C)n(-c2nnc(N=C(N)N)o2)n1. The molecular weight excluding hydrogens is 210 g/mol. The van der Waals surface area contributed by atoms with E-state index < -0.39 is 0 Å². The molecule has 84 valence electrons. The smallest absolute Gasteiger partial charge is 0.347 e. The fraction of sp³-hybridized carbons (Fsp3) is 0.250. The molecule has 0 aliphatic heterocycles. The van der Waals surface area contributed by atoms with Crippen molar-refractivity contribution in [2.75, 3.05) is 0 Å². The van der Waals surface area contributed by atoms with E-state index in [-0.39, 0.29) is 18.0 Å². The van der Waals surface area contributed by atoms with Gasteiger partial charge in [-0.2, -0.15) is 14.8 Å². The summed E-state index contributed by atoms with van der Waals surface area (Å²) in [5, 5.41) is 11.6. The quantitative estimate of drug-likeness (QED) is 0.534. The largest absolute Gasteiger partial charge is 0.386 e. The zero-order valence-corrected chi connectivity index (χ0v) is 8.88. The standard InChI is InChI=1S/C8H11N7O/c1-4-3-5(2)15(14-4)8-13-12-7(16-8)11-6(9)10/h3H,1-2H3,(H4,9,10,11,12). The van der Waals surface area contributed by atoms with Crippen molar-refractivity contribution in [3.63, 3.8) is 0 Å². The van der Waals surface area contributed by atoms with Gasteiger partial charge in [-0.3, -0.25) is 0 Å². The molecule has 0 aliphatic rings. The Hall–Kier alpha value is -2.38. The molecule has 16 heavy (non-hydrogen) atoms. The van der Waals surface area contributed by atoms with Gasteiger partial charge >= 0.3 is 12.0 Å². The minimum atomic E-state index is -0.136. The van der Waals surface area contributed by atoms with Crippen molar-refractivity contribution in [1.82, 2.24) is 20.0 Å². The van der Waals surface area contributed by atoms with Gasteiger partial charge in [0.25, 0.3) is 0 Å². The van der Waals surface area contributed by atoms with Crippen LogP contribution in [0.15, 0.2) is 15.5 Å². The molecule has 0 unspecified atom stereocenters. The van der Waals surface area contributed by atoms with Crippen LogP contribution in [-0.4, -0.2) is 25.9 Å². The molecule has 0 saturated carbocycles. The summed E-state index contributed by atoms with van der Waals surface area (Å²) in [7, 11) is 0. The van der Waals surface area contributed by atoms with E-state index in [1.54, 1.807) is 0 Å². The van der Waals surface area contributed by atoms with Gasteiger partial charge in [-0.25, -0.2) is 0 Å². The van der Waals surface area contributed by atoms with Crippen LogP contribution in [0.2, 0.25) is 0 Å². The van der Waals surface area contributed by atoms with Crippen LogP contribution in [0.5, 0.6) is 0 Å². The third-order valence-electron chi connectivity index (χ3n) is 1.82. The predicted molar refractivity (Wildman–Crippen MR) is 56.4 cm³/mol. The fourth-order valence-electron chi connectivity index (χ4n) is 1.27. The Morgan fingerprint density at radius 2 is 2.12 bits per heavy atom. The highest BCUT2D eigenvalue weighted by Gasteiger charge is 2.11. The summed E-state index contributed by atoms with van der Waals surface area (Å²) < 4.78 is 6.73. The van der Waals surface area contributed by atoms with Gasteiger partial charge in [-0.05, 0) is 19.9 Å². The molecule has 2 aromatic heterocycles. The highest BCUT2D eigenvalue weighted by Crippen LogP contribution is 2.14. The highest BCUT2D eigenvalue weighted by molar-refractivity contribution is 5.77. The Morgan fingerprint density at radius 3 is 2.69 bits per heavy atom. The Morgan fingerprint density at radius 1 is 1.38 bits per heavy atom. The fourth-order valence-corrected chi connectivity index (χ4v) is 1.27. The van der Waals surface area contributed by atoms with E-state index in [9.17, 15) is 0 Å². The summed E-state index contributed by atoms with van der Waals surface area (Å²) in [6, 6.07) is 2.12. The zero-order valence-electron chi connectivity index (χ0n) is 8.88. The summed E-state index contributed by atoms with van der Waals surface area (Å²) in [6.45, 7) is 3.75. The van der Waals surface area contributed by atoms with Gasteiger partial charge in [-0.15, -0.1) is 0 Å². The van der Waals surface area contributed by atoms with E-state index in [0.717, 1.165) is 11.4 Å². The van der Waals surface area contributed by atoms with Crippen molar-refractivity contribution < 1.29 is 4.42 Å². The van der Waals surface area contributed by atoms with Crippen molar-refractivity contribution >= 4 is 12.0 Å². The van der Waals surface area contributed by atoms with E-state index in [4.69, 9.17) is 15.9 Å². The number of aromatic nitrogens is 4. The number of hydrogen-bond donors (Lipinski definition) is 2. The molecule has 8 heteroatoms. The van der Waals surface area contributed by atoms with Crippen molar-refractivity contribution in [3.8, 4) is 6.01 Å². The first-order valence-electron chi connectivity index (χ1n) is 4.53. The highest BCUT2D eigenvalue weighted by atomic mass is 16.4. The first-order valence-corrected chi connectivity index (χ1v) is 4.53. The average Bonchev–Trinajstić information content (AvgIpc) is 2.72. The number of aliphatic imine (C=N–C) groups is 1. The summed E-state index contributed by atoms with van der Waals surface area (Å²) >= 11 is 0. The van der Waals surface area contributed by atoms with E-state index in [0.29, 0.717) is 0 Å². The van der Waals surface area contributed by atoms with Crippen LogP contribution in [0.4, 0.5) is 6.01 Å². The zero-order chi connectivity index (χ0) is 11.7. The number of nitrogens with two attached hydrogens (primary N) is 2. The molecule has 2 rings (SSSR count). The third-order valence-corrected chi connectivity index (χ3v) is 1.82. The molecule has 0 radical (unpaired) electrons. The normalized spacial score (nSPS) is 10.4. The Kier molecular flexibility index (Phi) is 2.31. The second-order valence-electron chi connectivity index (χ2n) is 3.24. The second kappa shape index (κ2) is 3.65. The van der Waals surface area contributed by atoms with Gasteiger partial charge in [0.15, 0.2) is 5.96 Å². The maximum atomic E-state index is 5.21. The Labute approximate surface area is 91.0 Å². The van der Waals surface area contributed by atoms with Crippen molar-refractivity contribution in [2.45, 2.75) is 13.8 Å². The third kappa shape index (κ3) is 1.85. The molecule has 0 bridgehead atoms. The lowest BCUT2D eigenvalue weighted by Gasteiger charge is -1.94. The average molecular weight is 221 g/mol. The number of aryl methyl sites for hydroxylation is 2. The molecule has 4 N–H and O–H groups in total. The lowest BCUT2D eigenvalue weighted by Crippen LogP contribution is -2.21. The van der Waals surface area contributed by atoms with Gasteiger partial charge < -0.3 is 15.9 Å². The van der Waals surface area contributed by atoms with Crippen LogP contribution in [0.1, 0.15) is 11.4 Å². The second-order valence-corrected chi connectivity index (χ2v) is 3.24. The minimum Gasteiger partial charge on any atom is -0.386 e. The molecule has 2 heterocycles. The van der Waals surface area contributed by atoms with E-state index in [1.165, 1.54) is 4.68 Å². The number of guanidine groups is 1. The molecule has 0 aliphatic carbocycles. The number of rotatable bonds is 2.